The zero-order valence-electron chi connectivity index (χ0n) is 10.7. The van der Waals surface area contributed by atoms with E-state index in [0.717, 1.165) is 17.0 Å². The van der Waals surface area contributed by atoms with Crippen LogP contribution in [0.2, 0.25) is 0 Å². The van der Waals surface area contributed by atoms with Gasteiger partial charge in [-0.05, 0) is 31.4 Å². The van der Waals surface area contributed by atoms with Crippen LogP contribution in [0.4, 0.5) is 23.7 Å². The number of nitrogens with zero attached hydrogens (tertiary/aromatic N) is 2. The third-order valence-electron chi connectivity index (χ3n) is 3.53. The van der Waals surface area contributed by atoms with E-state index in [1.54, 1.807) is 6.92 Å². The summed E-state index contributed by atoms with van der Waals surface area (Å²) >= 11 is 0. The number of carbonyl (C=O) groups is 1. The number of hydrogen-bond acceptors (Lipinski definition) is 3. The van der Waals surface area contributed by atoms with Gasteiger partial charge in [-0.1, -0.05) is 6.92 Å². The first-order valence-corrected chi connectivity index (χ1v) is 6.08. The van der Waals surface area contributed by atoms with Gasteiger partial charge in [0, 0.05) is 0 Å². The summed E-state index contributed by atoms with van der Waals surface area (Å²) in [7, 11) is 0. The van der Waals surface area contributed by atoms with Gasteiger partial charge in [0.15, 0.2) is 0 Å². The molecular weight excluding hydrogens is 275 g/mol. The number of anilines is 1. The number of rotatable bonds is 1. The van der Waals surface area contributed by atoms with Gasteiger partial charge in [-0.25, -0.2) is 9.78 Å². The van der Waals surface area contributed by atoms with E-state index in [9.17, 15) is 23.1 Å². The first kappa shape index (κ1) is 14.6. The largest absolute Gasteiger partial charge is 0.465 e. The van der Waals surface area contributed by atoms with Gasteiger partial charge in [0.1, 0.15) is 5.69 Å². The maximum Gasteiger partial charge on any atom is 0.433 e. The Balaban J connectivity index is 2.52. The molecule has 2 heterocycles. The number of fused-ring (bicyclic) bond motifs is 1. The molecule has 5 nitrogen and oxygen atoms in total. The SMILES string of the molecule is CCC1(N)CCc2nc(C(F)(F)F)ccc2N1C(=O)O. The topological polar surface area (TPSA) is 79.5 Å². The summed E-state index contributed by atoms with van der Waals surface area (Å²) in [6, 6.07) is 1.89. The maximum absolute atomic E-state index is 12.6. The van der Waals surface area contributed by atoms with Crippen LogP contribution in [0.15, 0.2) is 12.1 Å². The van der Waals surface area contributed by atoms with Crippen LogP contribution in [0.1, 0.15) is 31.2 Å². The molecule has 0 aromatic carbocycles. The summed E-state index contributed by atoms with van der Waals surface area (Å²) in [5, 5.41) is 9.28. The lowest BCUT2D eigenvalue weighted by atomic mass is 9.92. The molecule has 1 aliphatic rings. The van der Waals surface area contributed by atoms with Crippen LogP contribution in [0.3, 0.4) is 0 Å². The smallest absolute Gasteiger partial charge is 0.433 e. The molecule has 0 saturated heterocycles. The molecule has 1 aliphatic heterocycles. The van der Waals surface area contributed by atoms with Crippen molar-refractivity contribution in [2.24, 2.45) is 5.73 Å². The second-order valence-electron chi connectivity index (χ2n) is 4.74. The van der Waals surface area contributed by atoms with Crippen LogP contribution >= 0.6 is 0 Å². The molecule has 1 atom stereocenters. The minimum absolute atomic E-state index is 0.108. The summed E-state index contributed by atoms with van der Waals surface area (Å²) in [6.45, 7) is 1.73. The number of nitrogens with two attached hydrogens (primary N) is 1. The minimum Gasteiger partial charge on any atom is -0.465 e. The van der Waals surface area contributed by atoms with Crippen molar-refractivity contribution < 1.29 is 23.1 Å². The molecule has 1 aromatic heterocycles. The lowest BCUT2D eigenvalue weighted by Gasteiger charge is -2.42. The van der Waals surface area contributed by atoms with E-state index < -0.39 is 23.6 Å². The van der Waals surface area contributed by atoms with Crippen molar-refractivity contribution in [1.82, 2.24) is 4.98 Å². The summed E-state index contributed by atoms with van der Waals surface area (Å²) in [4.78, 5) is 15.8. The van der Waals surface area contributed by atoms with Crippen molar-refractivity contribution in [2.45, 2.75) is 38.0 Å². The predicted octanol–water partition coefficient (Wildman–Crippen LogP) is 2.60. The fourth-order valence-corrected chi connectivity index (χ4v) is 2.35. The first-order valence-electron chi connectivity index (χ1n) is 6.08. The summed E-state index contributed by atoms with van der Waals surface area (Å²) in [6.07, 6.45) is -5.04. The Hall–Kier alpha value is -1.83. The Morgan fingerprint density at radius 3 is 2.70 bits per heavy atom. The third kappa shape index (κ3) is 2.31. The molecule has 0 bridgehead atoms. The fraction of sp³-hybridized carbons (Fsp3) is 0.500. The van der Waals surface area contributed by atoms with Gasteiger partial charge in [0.2, 0.25) is 0 Å². The zero-order chi connectivity index (χ0) is 15.1. The van der Waals surface area contributed by atoms with Crippen LogP contribution in [0, 0.1) is 0 Å². The fourth-order valence-electron chi connectivity index (χ4n) is 2.35. The molecule has 0 aliphatic carbocycles. The first-order chi connectivity index (χ1) is 9.19. The quantitative estimate of drug-likeness (QED) is 0.832. The average Bonchev–Trinajstić information content (AvgIpc) is 2.36. The molecule has 20 heavy (non-hydrogen) atoms. The lowest BCUT2D eigenvalue weighted by molar-refractivity contribution is -0.141. The van der Waals surface area contributed by atoms with E-state index in [1.807, 2.05) is 0 Å². The second kappa shape index (κ2) is 4.62. The Morgan fingerprint density at radius 2 is 2.20 bits per heavy atom. The summed E-state index contributed by atoms with van der Waals surface area (Å²) < 4.78 is 37.8. The molecule has 3 N–H and O–H groups in total. The van der Waals surface area contributed by atoms with Gasteiger partial charge >= 0.3 is 12.3 Å². The van der Waals surface area contributed by atoms with Gasteiger partial charge < -0.3 is 10.8 Å². The molecular formula is C12H14F3N3O2. The van der Waals surface area contributed by atoms with Gasteiger partial charge in [-0.2, -0.15) is 13.2 Å². The second-order valence-corrected chi connectivity index (χ2v) is 4.74. The van der Waals surface area contributed by atoms with Gasteiger partial charge in [-0.3, -0.25) is 4.90 Å². The number of alkyl halides is 3. The number of hydrogen-bond donors (Lipinski definition) is 2. The normalized spacial score (nSPS) is 22.6. The molecule has 1 unspecified atom stereocenters. The number of carboxylic acid groups (broad SMARTS) is 1. The highest BCUT2D eigenvalue weighted by atomic mass is 19.4. The Labute approximate surface area is 113 Å². The number of aryl methyl sites for hydroxylation is 1. The monoisotopic (exact) mass is 289 g/mol. The number of pyridine rings is 1. The molecule has 8 heteroatoms. The Kier molecular flexibility index (Phi) is 3.37. The number of halogens is 3. The van der Waals surface area contributed by atoms with Crippen molar-refractivity contribution >= 4 is 11.8 Å². The standard InChI is InChI=1S/C12H14F3N3O2/c1-2-11(16)6-5-7-8(18(11)10(19)20)3-4-9(17-7)12(13,14)15/h3-4H,2,5-6,16H2,1H3,(H,19,20). The van der Waals surface area contributed by atoms with E-state index in [0.29, 0.717) is 6.42 Å². The van der Waals surface area contributed by atoms with E-state index in [-0.39, 0.29) is 24.2 Å². The summed E-state index contributed by atoms with van der Waals surface area (Å²) in [5.41, 5.74) is 4.14. The lowest BCUT2D eigenvalue weighted by Crippen LogP contribution is -2.60. The molecule has 0 radical (unpaired) electrons. The van der Waals surface area contributed by atoms with E-state index in [1.165, 1.54) is 0 Å². The molecule has 110 valence electrons. The van der Waals surface area contributed by atoms with E-state index in [4.69, 9.17) is 5.73 Å². The average molecular weight is 289 g/mol. The molecule has 0 fully saturated rings. The molecule has 0 spiro atoms. The van der Waals surface area contributed by atoms with E-state index in [2.05, 4.69) is 4.98 Å². The molecule has 0 saturated carbocycles. The highest BCUT2D eigenvalue weighted by Crippen LogP contribution is 2.37. The van der Waals surface area contributed by atoms with E-state index >= 15 is 0 Å². The van der Waals surface area contributed by atoms with Gasteiger partial charge in [0.05, 0.1) is 17.0 Å². The Bertz CT molecular complexity index is 547. The van der Waals surface area contributed by atoms with Crippen LogP contribution < -0.4 is 10.6 Å². The number of aromatic nitrogens is 1. The van der Waals surface area contributed by atoms with Crippen LogP contribution in [0.25, 0.3) is 0 Å². The zero-order valence-corrected chi connectivity index (χ0v) is 10.7. The van der Waals surface area contributed by atoms with Gasteiger partial charge in [-0.15, -0.1) is 0 Å². The minimum atomic E-state index is -4.55. The Morgan fingerprint density at radius 1 is 1.55 bits per heavy atom. The highest BCUT2D eigenvalue weighted by molar-refractivity contribution is 5.89. The van der Waals surface area contributed by atoms with Crippen molar-refractivity contribution in [3.05, 3.63) is 23.5 Å². The molecule has 1 amide bonds. The third-order valence-corrected chi connectivity index (χ3v) is 3.53. The van der Waals surface area contributed by atoms with Crippen LogP contribution in [-0.2, 0) is 12.6 Å². The predicted molar refractivity (Wildman–Crippen MR) is 65.3 cm³/mol. The molecule has 2 rings (SSSR count). The van der Waals surface area contributed by atoms with Crippen molar-refractivity contribution in [1.29, 1.82) is 0 Å². The van der Waals surface area contributed by atoms with Crippen LogP contribution in [0.5, 0.6) is 0 Å². The summed E-state index contributed by atoms with van der Waals surface area (Å²) in [5.74, 6) is 0. The highest BCUT2D eigenvalue weighted by Gasteiger charge is 2.42. The van der Waals surface area contributed by atoms with Crippen molar-refractivity contribution in [2.75, 3.05) is 4.90 Å². The maximum atomic E-state index is 12.6. The van der Waals surface area contributed by atoms with Crippen molar-refractivity contribution in [3.8, 4) is 0 Å². The number of amides is 1. The van der Waals surface area contributed by atoms with Crippen LogP contribution in [-0.4, -0.2) is 21.8 Å². The van der Waals surface area contributed by atoms with Gasteiger partial charge in [0.25, 0.3) is 0 Å². The van der Waals surface area contributed by atoms with Crippen molar-refractivity contribution in [3.63, 3.8) is 0 Å². The molecule has 1 aromatic rings.